The molecule has 3 aliphatic rings. The number of nitrogens with one attached hydrogen (secondary N) is 1. The van der Waals surface area contributed by atoms with Crippen LogP contribution in [0.2, 0.25) is 0 Å². The van der Waals surface area contributed by atoms with Gasteiger partial charge in [-0.2, -0.15) is 0 Å². The minimum absolute atomic E-state index is 0.0403. The fourth-order valence-corrected chi connectivity index (χ4v) is 6.71. The summed E-state index contributed by atoms with van der Waals surface area (Å²) in [6.07, 6.45) is 11.9. The summed E-state index contributed by atoms with van der Waals surface area (Å²) in [6, 6.07) is 9.52. The molecule has 5 rings (SSSR count). The molecule has 1 aromatic heterocycles. The number of allylic oxidation sites excluding steroid dienone is 2. The molecule has 2 aromatic rings. The number of hydrogen-bond donors (Lipinski definition) is 1. The summed E-state index contributed by atoms with van der Waals surface area (Å²) in [5.74, 6) is 0.562. The molecular formula is C32H44N4O3. The molecule has 7 nitrogen and oxygen atoms in total. The molecule has 1 saturated carbocycles. The largest absolute Gasteiger partial charge is 0.481 e. The van der Waals surface area contributed by atoms with Gasteiger partial charge in [0.15, 0.2) is 0 Å². The van der Waals surface area contributed by atoms with Crippen LogP contribution in [0.1, 0.15) is 71.8 Å². The third kappa shape index (κ3) is 6.30. The highest BCUT2D eigenvalue weighted by Gasteiger charge is 2.31. The van der Waals surface area contributed by atoms with E-state index in [-0.39, 0.29) is 5.91 Å². The van der Waals surface area contributed by atoms with Crippen LogP contribution in [0.5, 0.6) is 5.88 Å². The molecule has 1 aromatic carbocycles. The summed E-state index contributed by atoms with van der Waals surface area (Å²) in [5, 5.41) is 3.20. The summed E-state index contributed by atoms with van der Waals surface area (Å²) >= 11 is 0. The molecule has 2 fully saturated rings. The van der Waals surface area contributed by atoms with Crippen LogP contribution in [0.3, 0.4) is 0 Å². The monoisotopic (exact) mass is 532 g/mol. The van der Waals surface area contributed by atoms with E-state index in [0.717, 1.165) is 74.5 Å². The highest BCUT2D eigenvalue weighted by Crippen LogP contribution is 2.34. The number of methoxy groups -OCH3 is 1. The Kier molecular flexibility index (Phi) is 9.20. The van der Waals surface area contributed by atoms with Gasteiger partial charge < -0.3 is 19.7 Å². The van der Waals surface area contributed by atoms with Gasteiger partial charge in [0.25, 0.3) is 5.91 Å². The van der Waals surface area contributed by atoms with E-state index in [0.29, 0.717) is 24.5 Å². The predicted molar refractivity (Wildman–Crippen MR) is 156 cm³/mol. The van der Waals surface area contributed by atoms with Crippen molar-refractivity contribution in [1.82, 2.24) is 15.2 Å². The minimum Gasteiger partial charge on any atom is -0.481 e. The van der Waals surface area contributed by atoms with Crippen molar-refractivity contribution in [3.63, 3.8) is 0 Å². The molecule has 0 bridgehead atoms. The number of hydrogen-bond acceptors (Lipinski definition) is 6. The Bertz CT molecular complexity index is 1170. The second-order valence-electron chi connectivity index (χ2n) is 11.0. The molecule has 1 saturated heterocycles. The van der Waals surface area contributed by atoms with E-state index >= 15 is 0 Å². The molecule has 0 unspecified atom stereocenters. The van der Waals surface area contributed by atoms with E-state index < -0.39 is 0 Å². The van der Waals surface area contributed by atoms with Crippen molar-refractivity contribution >= 4 is 11.6 Å². The lowest BCUT2D eigenvalue weighted by molar-refractivity contribution is 0.00730. The van der Waals surface area contributed by atoms with Gasteiger partial charge in [-0.15, -0.1) is 0 Å². The first kappa shape index (κ1) is 27.7. The highest BCUT2D eigenvalue weighted by atomic mass is 16.5. The minimum atomic E-state index is -0.0403. The molecule has 0 atom stereocenters. The van der Waals surface area contributed by atoms with Crippen molar-refractivity contribution in [3.05, 3.63) is 64.4 Å². The predicted octanol–water partition coefficient (Wildman–Crippen LogP) is 4.84. The van der Waals surface area contributed by atoms with Crippen molar-refractivity contribution in [1.29, 1.82) is 0 Å². The first-order valence-electron chi connectivity index (χ1n) is 14.8. The number of aromatic nitrogens is 1. The first-order valence-corrected chi connectivity index (χ1v) is 14.8. The van der Waals surface area contributed by atoms with Gasteiger partial charge in [-0.1, -0.05) is 18.2 Å². The van der Waals surface area contributed by atoms with Gasteiger partial charge in [-0.25, -0.2) is 4.98 Å². The van der Waals surface area contributed by atoms with Crippen molar-refractivity contribution in [2.24, 2.45) is 0 Å². The number of pyridine rings is 1. The maximum atomic E-state index is 13.6. The molecule has 1 amide bonds. The molecule has 3 heterocycles. The highest BCUT2D eigenvalue weighted by molar-refractivity contribution is 5.97. The number of carbonyl (C=O) groups excluding carboxylic acids is 1. The van der Waals surface area contributed by atoms with Crippen LogP contribution in [-0.2, 0) is 24.1 Å². The summed E-state index contributed by atoms with van der Waals surface area (Å²) < 4.78 is 11.2. The fraction of sp³-hybridized carbons (Fsp3) is 0.562. The molecule has 0 radical (unpaired) electrons. The number of anilines is 1. The molecule has 1 N–H and O–H groups in total. The fourth-order valence-electron chi connectivity index (χ4n) is 6.71. The number of amides is 1. The number of ether oxygens (including phenoxy) is 2. The van der Waals surface area contributed by atoms with E-state index in [9.17, 15) is 4.79 Å². The Labute approximate surface area is 233 Å². The summed E-state index contributed by atoms with van der Waals surface area (Å²) in [7, 11) is 1.65. The smallest absolute Gasteiger partial charge is 0.251 e. The zero-order valence-electron chi connectivity index (χ0n) is 23.9. The zero-order valence-corrected chi connectivity index (χ0v) is 23.9. The number of carbonyl (C=O) groups is 1. The quantitative estimate of drug-likeness (QED) is 0.556. The zero-order chi connectivity index (χ0) is 27.2. The molecular weight excluding hydrogens is 488 g/mol. The van der Waals surface area contributed by atoms with Crippen LogP contribution in [-0.4, -0.2) is 67.8 Å². The Hall–Kier alpha value is -2.90. The van der Waals surface area contributed by atoms with E-state index in [1.54, 1.807) is 7.11 Å². The topological polar surface area (TPSA) is 66.9 Å². The second-order valence-corrected chi connectivity index (χ2v) is 11.0. The van der Waals surface area contributed by atoms with E-state index in [1.807, 2.05) is 19.1 Å². The number of morpholine rings is 1. The van der Waals surface area contributed by atoms with Gasteiger partial charge in [0.2, 0.25) is 5.88 Å². The normalized spacial score (nSPS) is 23.4. The van der Waals surface area contributed by atoms with Crippen LogP contribution < -0.4 is 15.0 Å². The van der Waals surface area contributed by atoms with Gasteiger partial charge in [0.1, 0.15) is 0 Å². The van der Waals surface area contributed by atoms with Crippen molar-refractivity contribution in [2.75, 3.05) is 44.9 Å². The summed E-state index contributed by atoms with van der Waals surface area (Å²) in [6.45, 7) is 9.42. The maximum absolute atomic E-state index is 13.6. The van der Waals surface area contributed by atoms with E-state index in [4.69, 9.17) is 9.47 Å². The number of aryl methyl sites for hydroxylation is 2. The molecule has 0 spiro atoms. The van der Waals surface area contributed by atoms with Crippen LogP contribution in [0.15, 0.2) is 36.4 Å². The maximum Gasteiger partial charge on any atom is 0.251 e. The Morgan fingerprint density at radius 3 is 2.67 bits per heavy atom. The molecule has 7 heteroatoms. The van der Waals surface area contributed by atoms with Crippen LogP contribution in [0.4, 0.5) is 5.69 Å². The lowest BCUT2D eigenvalue weighted by Crippen LogP contribution is -2.48. The SMILES string of the molecule is CCN(c1cccc2c1C/C=C/CCc1cc(C)nc(OC)c1CNC2=O)[C@H]1CC[C@@H](N2CCOCC2)CC1. The third-order valence-electron chi connectivity index (χ3n) is 8.71. The average molecular weight is 533 g/mol. The Morgan fingerprint density at radius 1 is 1.13 bits per heavy atom. The molecule has 210 valence electrons. The van der Waals surface area contributed by atoms with Crippen molar-refractivity contribution < 1.29 is 14.3 Å². The number of nitrogens with zero attached hydrogens (tertiary/aromatic N) is 3. The number of benzene rings is 1. The second kappa shape index (κ2) is 13.0. The first-order chi connectivity index (χ1) is 19.1. The van der Waals surface area contributed by atoms with Gasteiger partial charge in [0, 0.05) is 60.8 Å². The summed E-state index contributed by atoms with van der Waals surface area (Å²) in [4.78, 5) is 23.4. The van der Waals surface area contributed by atoms with Crippen LogP contribution >= 0.6 is 0 Å². The van der Waals surface area contributed by atoms with Crippen LogP contribution in [0, 0.1) is 6.92 Å². The van der Waals surface area contributed by atoms with E-state index in [2.05, 4.69) is 51.3 Å². The van der Waals surface area contributed by atoms with Gasteiger partial charge >= 0.3 is 0 Å². The Morgan fingerprint density at radius 2 is 1.92 bits per heavy atom. The van der Waals surface area contributed by atoms with Gasteiger partial charge in [-0.3, -0.25) is 9.69 Å². The third-order valence-corrected chi connectivity index (χ3v) is 8.71. The average Bonchev–Trinajstić information content (AvgIpc) is 2.97. The molecule has 2 aliphatic heterocycles. The number of rotatable bonds is 5. The standard InChI is InChI=1S/C32H44N4O3/c1-4-36(26-15-13-25(14-16-26)35-17-19-39-20-18-35)30-12-8-11-28-27(30)10-7-5-6-9-24-21-23(2)34-32(38-3)29(24)22-33-31(28)37/h5,7-8,11-12,21,25-26H,4,6,9-10,13-20,22H2,1-3H3,(H,33,37)/b7-5+/t25-,26+. The van der Waals surface area contributed by atoms with Crippen molar-refractivity contribution in [3.8, 4) is 5.88 Å². The van der Waals surface area contributed by atoms with Gasteiger partial charge in [0.05, 0.1) is 20.3 Å². The van der Waals surface area contributed by atoms with E-state index in [1.165, 1.54) is 36.9 Å². The molecule has 1 aliphatic carbocycles. The van der Waals surface area contributed by atoms with Crippen molar-refractivity contribution in [2.45, 2.75) is 77.4 Å². The van der Waals surface area contributed by atoms with Gasteiger partial charge in [-0.05, 0) is 88.1 Å². The number of fused-ring (bicyclic) bond motifs is 2. The lowest BCUT2D eigenvalue weighted by Gasteiger charge is -2.43. The lowest BCUT2D eigenvalue weighted by atomic mass is 9.88. The molecule has 39 heavy (non-hydrogen) atoms. The van der Waals surface area contributed by atoms with Crippen LogP contribution in [0.25, 0.3) is 0 Å². The summed E-state index contributed by atoms with van der Waals surface area (Å²) in [5.41, 5.74) is 6.18. The Balaban J connectivity index is 1.38.